The van der Waals surface area contributed by atoms with Crippen LogP contribution in [0.1, 0.15) is 32.3 Å². The first-order valence-electron chi connectivity index (χ1n) is 6.14. The first-order chi connectivity index (χ1) is 8.43. The number of nitro groups is 1. The van der Waals surface area contributed by atoms with E-state index in [-0.39, 0.29) is 35.0 Å². The molecule has 2 unspecified atom stereocenters. The molecule has 0 spiro atoms. The van der Waals surface area contributed by atoms with E-state index in [1.54, 1.807) is 6.92 Å². The van der Waals surface area contributed by atoms with Crippen molar-refractivity contribution in [2.45, 2.75) is 26.7 Å². The van der Waals surface area contributed by atoms with E-state index in [9.17, 15) is 14.9 Å². The molecule has 0 heterocycles. The molecule has 0 aliphatic heterocycles. The lowest BCUT2D eigenvalue weighted by Gasteiger charge is -2.21. The second-order valence-corrected chi connectivity index (χ2v) is 4.88. The van der Waals surface area contributed by atoms with E-state index in [1.807, 2.05) is 44.2 Å². The number of nitrogens with zero attached hydrogens (tertiary/aromatic N) is 1. The summed E-state index contributed by atoms with van der Waals surface area (Å²) in [7, 11) is 0. The van der Waals surface area contributed by atoms with Crippen LogP contribution in [0.15, 0.2) is 30.3 Å². The number of carbonyl (C=O) groups excluding carboxylic acids is 1. The maximum absolute atomic E-state index is 12.0. The number of carbonyl (C=O) groups is 1. The van der Waals surface area contributed by atoms with Gasteiger partial charge < -0.3 is 0 Å². The number of ketones is 1. The van der Waals surface area contributed by atoms with E-state index >= 15 is 0 Å². The molecule has 0 saturated carbocycles. The fraction of sp³-hybridized carbons (Fsp3) is 0.500. The maximum atomic E-state index is 12.0. The van der Waals surface area contributed by atoms with Crippen LogP contribution in [0.25, 0.3) is 0 Å². The zero-order chi connectivity index (χ0) is 13.7. The summed E-state index contributed by atoms with van der Waals surface area (Å²) in [5, 5.41) is 10.8. The normalized spacial score (nSPS) is 14.2. The number of rotatable bonds is 6. The molecule has 0 bridgehead atoms. The van der Waals surface area contributed by atoms with Gasteiger partial charge in [-0.15, -0.1) is 0 Å². The van der Waals surface area contributed by atoms with E-state index < -0.39 is 0 Å². The summed E-state index contributed by atoms with van der Waals surface area (Å²) in [6.45, 7) is 5.23. The molecule has 1 rings (SSSR count). The van der Waals surface area contributed by atoms with Crippen molar-refractivity contribution < 1.29 is 9.72 Å². The average molecular weight is 249 g/mol. The van der Waals surface area contributed by atoms with Gasteiger partial charge in [-0.05, 0) is 5.56 Å². The van der Waals surface area contributed by atoms with Gasteiger partial charge in [0.15, 0.2) is 0 Å². The van der Waals surface area contributed by atoms with Gasteiger partial charge in [0, 0.05) is 16.8 Å². The molecule has 18 heavy (non-hydrogen) atoms. The number of hydrogen-bond donors (Lipinski definition) is 0. The fourth-order valence-electron chi connectivity index (χ4n) is 2.14. The Morgan fingerprint density at radius 2 is 1.78 bits per heavy atom. The predicted octanol–water partition coefficient (Wildman–Crippen LogP) is 2.91. The van der Waals surface area contributed by atoms with Crippen molar-refractivity contribution in [2.24, 2.45) is 11.8 Å². The van der Waals surface area contributed by atoms with Gasteiger partial charge in [-0.3, -0.25) is 14.9 Å². The average Bonchev–Trinajstić information content (AvgIpc) is 2.35. The topological polar surface area (TPSA) is 60.2 Å². The number of benzene rings is 1. The molecule has 4 nitrogen and oxygen atoms in total. The Labute approximate surface area is 107 Å². The molecule has 0 saturated heterocycles. The van der Waals surface area contributed by atoms with Gasteiger partial charge in [0.25, 0.3) is 0 Å². The molecule has 0 aliphatic rings. The lowest BCUT2D eigenvalue weighted by Crippen LogP contribution is -2.28. The zero-order valence-corrected chi connectivity index (χ0v) is 11.0. The van der Waals surface area contributed by atoms with E-state index in [0.29, 0.717) is 0 Å². The van der Waals surface area contributed by atoms with Gasteiger partial charge >= 0.3 is 0 Å². The minimum Gasteiger partial charge on any atom is -0.299 e. The molecule has 0 N–H and O–H groups in total. The zero-order valence-electron chi connectivity index (χ0n) is 11.0. The van der Waals surface area contributed by atoms with E-state index in [2.05, 4.69) is 0 Å². The Kier molecular flexibility index (Phi) is 5.01. The molecule has 2 atom stereocenters. The van der Waals surface area contributed by atoms with Crippen molar-refractivity contribution in [1.82, 2.24) is 0 Å². The third-order valence-electron chi connectivity index (χ3n) is 3.19. The quantitative estimate of drug-likeness (QED) is 0.575. The van der Waals surface area contributed by atoms with Gasteiger partial charge in [0.2, 0.25) is 6.54 Å². The predicted molar refractivity (Wildman–Crippen MR) is 70.1 cm³/mol. The van der Waals surface area contributed by atoms with Crippen LogP contribution in [0.5, 0.6) is 0 Å². The molecular formula is C14H19NO3. The van der Waals surface area contributed by atoms with Crippen LogP contribution in [0.2, 0.25) is 0 Å². The van der Waals surface area contributed by atoms with E-state index in [1.165, 1.54) is 0 Å². The summed E-state index contributed by atoms with van der Waals surface area (Å²) in [5.74, 6) is -0.711. The highest BCUT2D eigenvalue weighted by atomic mass is 16.6. The van der Waals surface area contributed by atoms with Crippen LogP contribution in [0.4, 0.5) is 0 Å². The Bertz CT molecular complexity index is 414. The van der Waals surface area contributed by atoms with Crippen LogP contribution in [-0.4, -0.2) is 17.3 Å². The first kappa shape index (κ1) is 14.4. The van der Waals surface area contributed by atoms with Gasteiger partial charge in [0.1, 0.15) is 5.78 Å². The summed E-state index contributed by atoms with van der Waals surface area (Å²) >= 11 is 0. The van der Waals surface area contributed by atoms with Crippen molar-refractivity contribution in [3.8, 4) is 0 Å². The molecular weight excluding hydrogens is 230 g/mol. The SMILES string of the molecule is CC(C)C(=O)C(C)C(C[N+](=O)[O-])c1ccccc1. The largest absolute Gasteiger partial charge is 0.299 e. The van der Waals surface area contributed by atoms with Crippen molar-refractivity contribution in [3.05, 3.63) is 46.0 Å². The van der Waals surface area contributed by atoms with Gasteiger partial charge in [-0.1, -0.05) is 51.1 Å². The summed E-state index contributed by atoms with van der Waals surface area (Å²) in [4.78, 5) is 22.4. The molecule has 0 aromatic heterocycles. The van der Waals surface area contributed by atoms with Gasteiger partial charge in [-0.2, -0.15) is 0 Å². The Balaban J connectivity index is 2.99. The highest BCUT2D eigenvalue weighted by Gasteiger charge is 2.30. The van der Waals surface area contributed by atoms with Crippen LogP contribution in [0.3, 0.4) is 0 Å². The highest BCUT2D eigenvalue weighted by molar-refractivity contribution is 5.83. The molecule has 1 aromatic rings. The van der Waals surface area contributed by atoms with Crippen molar-refractivity contribution in [3.63, 3.8) is 0 Å². The molecule has 4 heteroatoms. The van der Waals surface area contributed by atoms with Crippen LogP contribution < -0.4 is 0 Å². The monoisotopic (exact) mass is 249 g/mol. The Hall–Kier alpha value is -1.71. The van der Waals surface area contributed by atoms with Gasteiger partial charge in [-0.25, -0.2) is 0 Å². The van der Waals surface area contributed by atoms with Crippen molar-refractivity contribution in [1.29, 1.82) is 0 Å². The molecule has 0 fully saturated rings. The lowest BCUT2D eigenvalue weighted by molar-refractivity contribution is -0.484. The third kappa shape index (κ3) is 3.65. The number of hydrogen-bond acceptors (Lipinski definition) is 3. The van der Waals surface area contributed by atoms with Crippen molar-refractivity contribution in [2.75, 3.05) is 6.54 Å². The van der Waals surface area contributed by atoms with E-state index in [0.717, 1.165) is 5.56 Å². The highest BCUT2D eigenvalue weighted by Crippen LogP contribution is 2.27. The second-order valence-electron chi connectivity index (χ2n) is 4.88. The molecule has 0 aliphatic carbocycles. The van der Waals surface area contributed by atoms with Crippen LogP contribution in [0, 0.1) is 22.0 Å². The third-order valence-corrected chi connectivity index (χ3v) is 3.19. The minimum absolute atomic E-state index is 0.0747. The number of Topliss-reactive ketones (excluding diaryl/α,β-unsaturated/α-hetero) is 1. The molecule has 1 aromatic carbocycles. The smallest absolute Gasteiger partial charge is 0.211 e. The van der Waals surface area contributed by atoms with Gasteiger partial charge in [0.05, 0.1) is 5.92 Å². The Morgan fingerprint density at radius 1 is 1.22 bits per heavy atom. The molecule has 0 radical (unpaired) electrons. The lowest BCUT2D eigenvalue weighted by atomic mass is 9.81. The standard InChI is InChI=1S/C14H19NO3/c1-10(2)14(16)11(3)13(9-15(17)18)12-7-5-4-6-8-12/h4-8,10-11,13H,9H2,1-3H3. The van der Waals surface area contributed by atoms with Crippen molar-refractivity contribution >= 4 is 5.78 Å². The molecule has 98 valence electrons. The summed E-state index contributed by atoms with van der Waals surface area (Å²) in [6.07, 6.45) is 0. The maximum Gasteiger partial charge on any atom is 0.211 e. The Morgan fingerprint density at radius 3 is 2.22 bits per heavy atom. The fourth-order valence-corrected chi connectivity index (χ4v) is 2.14. The van der Waals surface area contributed by atoms with Crippen LogP contribution >= 0.6 is 0 Å². The summed E-state index contributed by atoms with van der Waals surface area (Å²) in [5.41, 5.74) is 0.857. The minimum atomic E-state index is -0.351. The van der Waals surface area contributed by atoms with Crippen LogP contribution in [-0.2, 0) is 4.79 Å². The van der Waals surface area contributed by atoms with E-state index in [4.69, 9.17) is 0 Å². The summed E-state index contributed by atoms with van der Waals surface area (Å²) in [6, 6.07) is 9.24. The summed E-state index contributed by atoms with van der Waals surface area (Å²) < 4.78 is 0. The molecule has 0 amide bonds. The first-order valence-corrected chi connectivity index (χ1v) is 6.14. The second kappa shape index (κ2) is 6.28.